The third-order valence-corrected chi connectivity index (χ3v) is 4.03. The topological polar surface area (TPSA) is 68.7 Å². The number of methoxy groups -OCH3 is 2. The van der Waals surface area contributed by atoms with E-state index >= 15 is 0 Å². The smallest absolute Gasteiger partial charge is 0.358 e. The van der Waals surface area contributed by atoms with Gasteiger partial charge >= 0.3 is 5.97 Å². The first-order valence-electron chi connectivity index (χ1n) is 6.31. The van der Waals surface area contributed by atoms with Crippen molar-refractivity contribution in [2.24, 2.45) is 0 Å². The number of hydrogen-bond acceptors (Lipinski definition) is 7. The Morgan fingerprint density at radius 1 is 1.40 bits per heavy atom. The summed E-state index contributed by atoms with van der Waals surface area (Å²) in [5.74, 6) is -0.780. The minimum absolute atomic E-state index is 0.0862. The molecule has 0 radical (unpaired) electrons. The average Bonchev–Trinajstić information content (AvgIpc) is 2.84. The zero-order valence-electron chi connectivity index (χ0n) is 12.4. The van der Waals surface area contributed by atoms with Crippen LogP contribution in [0.25, 0.3) is 0 Å². The van der Waals surface area contributed by atoms with Gasteiger partial charge < -0.3 is 14.4 Å². The van der Waals surface area contributed by atoms with Crippen LogP contribution in [0.2, 0.25) is 0 Å². The number of carbonyl (C=O) groups excluding carboxylic acids is 2. The highest BCUT2D eigenvalue weighted by Gasteiger charge is 2.25. The van der Waals surface area contributed by atoms with E-state index in [-0.39, 0.29) is 17.5 Å². The van der Waals surface area contributed by atoms with Gasteiger partial charge in [-0.1, -0.05) is 11.3 Å². The number of nitrogens with zero attached hydrogens (tertiary/aromatic N) is 2. The number of thiazole rings is 1. The molecule has 0 fully saturated rings. The van der Waals surface area contributed by atoms with Crippen LogP contribution in [-0.4, -0.2) is 50.1 Å². The van der Waals surface area contributed by atoms with Crippen molar-refractivity contribution in [1.82, 2.24) is 4.98 Å². The Morgan fingerprint density at radius 2 is 2.05 bits per heavy atom. The zero-order valence-corrected chi connectivity index (χ0v) is 13.2. The van der Waals surface area contributed by atoms with Gasteiger partial charge in [0.15, 0.2) is 16.6 Å². The van der Waals surface area contributed by atoms with Gasteiger partial charge in [-0.15, -0.1) is 0 Å². The molecule has 0 bridgehead atoms. The Kier molecular flexibility index (Phi) is 6.09. The van der Waals surface area contributed by atoms with Crippen molar-refractivity contribution in [2.45, 2.75) is 26.8 Å². The highest BCUT2D eigenvalue weighted by atomic mass is 32.1. The van der Waals surface area contributed by atoms with Crippen molar-refractivity contribution >= 4 is 28.2 Å². The number of ether oxygens (including phenoxy) is 2. The van der Waals surface area contributed by atoms with E-state index < -0.39 is 5.97 Å². The lowest BCUT2D eigenvalue weighted by atomic mass is 10.3. The summed E-state index contributed by atoms with van der Waals surface area (Å²) in [6.45, 7) is 6.64. The lowest BCUT2D eigenvalue weighted by molar-refractivity contribution is 0.0591. The molecule has 20 heavy (non-hydrogen) atoms. The van der Waals surface area contributed by atoms with Crippen molar-refractivity contribution in [2.75, 3.05) is 32.3 Å². The van der Waals surface area contributed by atoms with Gasteiger partial charge in [0.2, 0.25) is 0 Å². The van der Waals surface area contributed by atoms with Gasteiger partial charge in [0.25, 0.3) is 0 Å². The molecule has 0 aromatic carbocycles. The van der Waals surface area contributed by atoms with Gasteiger partial charge in [-0.05, 0) is 13.8 Å². The van der Waals surface area contributed by atoms with E-state index in [2.05, 4.69) is 9.72 Å². The van der Waals surface area contributed by atoms with Crippen LogP contribution in [0.15, 0.2) is 0 Å². The van der Waals surface area contributed by atoms with Crippen LogP contribution in [0.4, 0.5) is 5.13 Å². The van der Waals surface area contributed by atoms with Crippen molar-refractivity contribution < 1.29 is 19.1 Å². The van der Waals surface area contributed by atoms with Crippen molar-refractivity contribution in [3.63, 3.8) is 0 Å². The third-order valence-electron chi connectivity index (χ3n) is 2.84. The molecule has 0 spiro atoms. The monoisotopic (exact) mass is 300 g/mol. The number of likely N-dealkylation sites (N-methyl/N-ethyl adjacent to an activating group) is 1. The molecule has 0 amide bonds. The van der Waals surface area contributed by atoms with Gasteiger partial charge in [-0.2, -0.15) is 0 Å². The highest BCUT2D eigenvalue weighted by Crippen LogP contribution is 2.28. The molecule has 1 unspecified atom stereocenters. The Labute approximate surface area is 122 Å². The summed E-state index contributed by atoms with van der Waals surface area (Å²) in [6, 6.07) is 0.0986. The Bertz CT molecular complexity index is 487. The molecule has 1 aromatic heterocycles. The molecule has 0 saturated carbocycles. The molecule has 7 heteroatoms. The van der Waals surface area contributed by atoms with Gasteiger partial charge in [0.05, 0.1) is 19.8 Å². The number of carbonyl (C=O) groups is 2. The maximum Gasteiger partial charge on any atom is 0.358 e. The number of aromatic nitrogens is 1. The van der Waals surface area contributed by atoms with E-state index in [1.54, 1.807) is 7.11 Å². The number of ketones is 1. The van der Waals surface area contributed by atoms with Crippen molar-refractivity contribution in [3.05, 3.63) is 10.6 Å². The maximum absolute atomic E-state index is 11.7. The molecule has 1 rings (SSSR count). The first kappa shape index (κ1) is 16.6. The maximum atomic E-state index is 11.7. The van der Waals surface area contributed by atoms with Crippen LogP contribution in [0, 0.1) is 0 Å². The van der Waals surface area contributed by atoms with Crippen LogP contribution in [0.1, 0.15) is 40.9 Å². The first-order chi connectivity index (χ1) is 9.46. The van der Waals surface area contributed by atoms with Crippen LogP contribution >= 0.6 is 11.3 Å². The summed E-state index contributed by atoms with van der Waals surface area (Å²) in [5, 5.41) is 0.627. The Balaban J connectivity index is 3.18. The SMILES string of the molecule is CCN(c1nc(C(=O)OC)c(C(C)=O)s1)C(C)COC. The second-order valence-corrected chi connectivity index (χ2v) is 5.29. The molecule has 6 nitrogen and oxygen atoms in total. The lowest BCUT2D eigenvalue weighted by Crippen LogP contribution is -2.36. The van der Waals surface area contributed by atoms with E-state index in [0.29, 0.717) is 23.2 Å². The van der Waals surface area contributed by atoms with Crippen molar-refractivity contribution in [1.29, 1.82) is 0 Å². The highest BCUT2D eigenvalue weighted by molar-refractivity contribution is 7.17. The van der Waals surface area contributed by atoms with E-state index in [1.165, 1.54) is 25.4 Å². The quantitative estimate of drug-likeness (QED) is 0.566. The second-order valence-electron chi connectivity index (χ2n) is 4.31. The Hall–Kier alpha value is -1.47. The van der Waals surface area contributed by atoms with Crippen LogP contribution in [0.5, 0.6) is 0 Å². The number of hydrogen-bond donors (Lipinski definition) is 0. The molecule has 0 aliphatic rings. The van der Waals surface area contributed by atoms with Gasteiger partial charge in [-0.3, -0.25) is 4.79 Å². The first-order valence-corrected chi connectivity index (χ1v) is 7.13. The summed E-state index contributed by atoms with van der Waals surface area (Å²) in [5.41, 5.74) is 0.0862. The summed E-state index contributed by atoms with van der Waals surface area (Å²) in [6.07, 6.45) is 0. The summed E-state index contributed by atoms with van der Waals surface area (Å²) in [7, 11) is 2.91. The van der Waals surface area contributed by atoms with E-state index in [4.69, 9.17) is 4.74 Å². The van der Waals surface area contributed by atoms with Gasteiger partial charge in [0.1, 0.15) is 4.88 Å². The van der Waals surface area contributed by atoms with Crippen LogP contribution in [-0.2, 0) is 9.47 Å². The molecule has 0 N–H and O–H groups in total. The van der Waals surface area contributed by atoms with Gasteiger partial charge in [0, 0.05) is 20.6 Å². The standard InChI is InChI=1S/C13H20N2O4S/c1-6-15(8(2)7-18-4)13-14-10(12(17)19-5)11(20-13)9(3)16/h8H,6-7H2,1-5H3. The average molecular weight is 300 g/mol. The summed E-state index contributed by atoms with van der Waals surface area (Å²) >= 11 is 1.21. The van der Waals surface area contributed by atoms with E-state index in [1.807, 2.05) is 18.7 Å². The molecule has 0 saturated heterocycles. The van der Waals surface area contributed by atoms with Crippen molar-refractivity contribution in [3.8, 4) is 0 Å². The molecular weight excluding hydrogens is 280 g/mol. The zero-order chi connectivity index (χ0) is 15.3. The minimum atomic E-state index is -0.590. The van der Waals surface area contributed by atoms with Crippen LogP contribution in [0.3, 0.4) is 0 Å². The van der Waals surface area contributed by atoms with E-state index in [9.17, 15) is 9.59 Å². The predicted molar refractivity (Wildman–Crippen MR) is 77.8 cm³/mol. The molecule has 1 aromatic rings. The molecule has 112 valence electrons. The fourth-order valence-corrected chi connectivity index (χ4v) is 2.99. The molecule has 0 aliphatic heterocycles. The number of rotatable bonds is 7. The predicted octanol–water partition coefficient (Wildman–Crippen LogP) is 1.99. The number of anilines is 1. The number of esters is 1. The fraction of sp³-hybridized carbons (Fsp3) is 0.615. The fourth-order valence-electron chi connectivity index (χ4n) is 1.87. The number of Topliss-reactive ketones (excluding diaryl/α,β-unsaturated/α-hetero) is 1. The van der Waals surface area contributed by atoms with E-state index in [0.717, 1.165) is 0 Å². The summed E-state index contributed by atoms with van der Waals surface area (Å²) in [4.78, 5) is 29.9. The molecule has 1 heterocycles. The third kappa shape index (κ3) is 3.55. The molecule has 1 atom stereocenters. The molecule has 0 aliphatic carbocycles. The lowest BCUT2D eigenvalue weighted by Gasteiger charge is -2.26. The largest absolute Gasteiger partial charge is 0.464 e. The van der Waals surface area contributed by atoms with Gasteiger partial charge in [-0.25, -0.2) is 9.78 Å². The second kappa shape index (κ2) is 7.35. The Morgan fingerprint density at radius 3 is 2.50 bits per heavy atom. The molecular formula is C13H20N2O4S. The summed E-state index contributed by atoms with van der Waals surface area (Å²) < 4.78 is 9.81. The van der Waals surface area contributed by atoms with Crippen LogP contribution < -0.4 is 4.90 Å². The normalized spacial score (nSPS) is 12.1. The minimum Gasteiger partial charge on any atom is -0.464 e.